The average Bonchev–Trinajstić information content (AvgIpc) is 3.17. The zero-order chi connectivity index (χ0) is 20.1. The van der Waals surface area contributed by atoms with Crippen LogP contribution in [0.1, 0.15) is 71.8 Å². The van der Waals surface area contributed by atoms with E-state index in [-0.39, 0.29) is 17.4 Å². The van der Waals surface area contributed by atoms with Gasteiger partial charge in [-0.3, -0.25) is 0 Å². The molecule has 0 saturated heterocycles. The van der Waals surface area contributed by atoms with Gasteiger partial charge in [-0.05, 0) is 53.0 Å². The number of carbonyl (C=O) groups is 1. The third-order valence-corrected chi connectivity index (χ3v) is 6.34. The first-order valence-electron chi connectivity index (χ1n) is 10.1. The van der Waals surface area contributed by atoms with Gasteiger partial charge in [-0.15, -0.1) is 0 Å². The second-order valence-electron chi connectivity index (χ2n) is 9.04. The fourth-order valence-corrected chi connectivity index (χ4v) is 4.67. The van der Waals surface area contributed by atoms with Crippen molar-refractivity contribution in [1.82, 2.24) is 0 Å². The number of anilines is 1. The summed E-state index contributed by atoms with van der Waals surface area (Å²) in [5.74, 6) is 0.600. The summed E-state index contributed by atoms with van der Waals surface area (Å²) < 4.78 is 4.97. The van der Waals surface area contributed by atoms with E-state index in [1.165, 1.54) is 23.8 Å². The van der Waals surface area contributed by atoms with Gasteiger partial charge in [0.25, 0.3) is 0 Å². The summed E-state index contributed by atoms with van der Waals surface area (Å²) in [6, 6.07) is 13.3. The molecule has 146 valence electrons. The summed E-state index contributed by atoms with van der Waals surface area (Å²) in [6.07, 6.45) is 5.70. The van der Waals surface area contributed by atoms with E-state index >= 15 is 0 Å². The molecule has 2 aliphatic rings. The Kier molecular flexibility index (Phi) is 4.57. The Morgan fingerprint density at radius 3 is 2.46 bits per heavy atom. The third-order valence-electron chi connectivity index (χ3n) is 6.34. The maximum Gasteiger partial charge on any atom is 0.338 e. The molecular weight excluding hydrogens is 346 g/mol. The number of methoxy groups -OCH3 is 1. The standard InChI is InChI=1S/C25H29NO2/c1-15-18(24(27)28-5)13-14-21-19-7-6-8-20(19)23(26-22(15)21)16-9-11-17(12-10-16)25(2,3)4/h6-7,9-14,19-20,23,26H,8H2,1-5H3/t19-,20+,23-/m1/s1. The highest BCUT2D eigenvalue weighted by Gasteiger charge is 2.39. The van der Waals surface area contributed by atoms with Gasteiger partial charge in [0.1, 0.15) is 0 Å². The number of fused-ring (bicyclic) bond motifs is 3. The molecule has 0 bridgehead atoms. The summed E-state index contributed by atoms with van der Waals surface area (Å²) in [5.41, 5.74) is 6.77. The monoisotopic (exact) mass is 375 g/mol. The molecule has 0 aromatic heterocycles. The van der Waals surface area contributed by atoms with Crippen LogP contribution in [0.15, 0.2) is 48.6 Å². The lowest BCUT2D eigenvalue weighted by atomic mass is 9.75. The minimum absolute atomic E-state index is 0.147. The van der Waals surface area contributed by atoms with Crippen molar-refractivity contribution in [3.8, 4) is 0 Å². The Morgan fingerprint density at radius 2 is 1.82 bits per heavy atom. The Hall–Kier alpha value is -2.55. The van der Waals surface area contributed by atoms with Crippen molar-refractivity contribution in [2.24, 2.45) is 5.92 Å². The molecule has 0 spiro atoms. The minimum atomic E-state index is -0.280. The molecule has 2 aromatic carbocycles. The lowest BCUT2D eigenvalue weighted by molar-refractivity contribution is 0.0600. The Bertz CT molecular complexity index is 934. The number of benzene rings is 2. The van der Waals surface area contributed by atoms with Gasteiger partial charge in [0.2, 0.25) is 0 Å². The van der Waals surface area contributed by atoms with E-state index < -0.39 is 0 Å². The van der Waals surface area contributed by atoms with Crippen LogP contribution >= 0.6 is 0 Å². The Balaban J connectivity index is 1.75. The van der Waals surface area contributed by atoms with E-state index in [1.807, 2.05) is 13.0 Å². The van der Waals surface area contributed by atoms with Crippen molar-refractivity contribution >= 4 is 11.7 Å². The first-order chi connectivity index (χ1) is 13.3. The zero-order valence-electron chi connectivity index (χ0n) is 17.4. The van der Waals surface area contributed by atoms with Crippen LogP contribution in [0.4, 0.5) is 5.69 Å². The van der Waals surface area contributed by atoms with Crippen LogP contribution < -0.4 is 5.32 Å². The van der Waals surface area contributed by atoms with Gasteiger partial charge in [0.05, 0.1) is 18.7 Å². The third kappa shape index (κ3) is 3.03. The number of nitrogens with one attached hydrogen (secondary N) is 1. The summed E-state index contributed by atoms with van der Waals surface area (Å²) in [4.78, 5) is 12.2. The summed E-state index contributed by atoms with van der Waals surface area (Å²) in [6.45, 7) is 8.74. The van der Waals surface area contributed by atoms with Gasteiger partial charge < -0.3 is 10.1 Å². The number of hydrogen-bond acceptors (Lipinski definition) is 3. The maximum absolute atomic E-state index is 12.2. The smallest absolute Gasteiger partial charge is 0.338 e. The summed E-state index contributed by atoms with van der Waals surface area (Å²) in [5, 5.41) is 3.78. The van der Waals surface area contributed by atoms with Gasteiger partial charge in [0, 0.05) is 11.6 Å². The minimum Gasteiger partial charge on any atom is -0.465 e. The van der Waals surface area contributed by atoms with Gasteiger partial charge in [-0.2, -0.15) is 0 Å². The number of hydrogen-bond donors (Lipinski definition) is 1. The quantitative estimate of drug-likeness (QED) is 0.524. The zero-order valence-corrected chi connectivity index (χ0v) is 17.4. The molecule has 0 fully saturated rings. The molecule has 3 atom stereocenters. The van der Waals surface area contributed by atoms with E-state index in [2.05, 4.69) is 68.6 Å². The van der Waals surface area contributed by atoms with Crippen LogP contribution in [-0.2, 0) is 10.2 Å². The number of ether oxygens (including phenoxy) is 1. The molecule has 1 heterocycles. The highest BCUT2D eigenvalue weighted by atomic mass is 16.5. The maximum atomic E-state index is 12.2. The molecule has 0 radical (unpaired) electrons. The molecule has 28 heavy (non-hydrogen) atoms. The van der Waals surface area contributed by atoms with Crippen LogP contribution in [0.3, 0.4) is 0 Å². The van der Waals surface area contributed by atoms with Gasteiger partial charge in [-0.25, -0.2) is 4.79 Å². The van der Waals surface area contributed by atoms with Gasteiger partial charge in [0.15, 0.2) is 0 Å². The molecule has 0 amide bonds. The van der Waals surface area contributed by atoms with Crippen molar-refractivity contribution in [3.63, 3.8) is 0 Å². The highest BCUT2D eigenvalue weighted by molar-refractivity contribution is 5.93. The highest BCUT2D eigenvalue weighted by Crippen LogP contribution is 2.51. The molecule has 1 N–H and O–H groups in total. The Labute approximate surface area is 167 Å². The van der Waals surface area contributed by atoms with Crippen LogP contribution in [0.25, 0.3) is 0 Å². The molecular formula is C25H29NO2. The van der Waals surface area contributed by atoms with E-state index in [0.29, 0.717) is 17.4 Å². The summed E-state index contributed by atoms with van der Waals surface area (Å²) >= 11 is 0. The first-order valence-corrected chi connectivity index (χ1v) is 10.1. The number of rotatable bonds is 2. The number of allylic oxidation sites excluding steroid dienone is 2. The molecule has 0 unspecified atom stereocenters. The largest absolute Gasteiger partial charge is 0.465 e. The van der Waals surface area contributed by atoms with Crippen molar-refractivity contribution in [3.05, 3.63) is 76.4 Å². The molecule has 2 aromatic rings. The van der Waals surface area contributed by atoms with E-state index in [9.17, 15) is 4.79 Å². The molecule has 3 nitrogen and oxygen atoms in total. The van der Waals surface area contributed by atoms with Crippen LogP contribution in [0, 0.1) is 12.8 Å². The molecule has 1 aliphatic heterocycles. The molecule has 1 aliphatic carbocycles. The first kappa shape index (κ1) is 18.8. The second-order valence-corrected chi connectivity index (χ2v) is 9.04. The fraction of sp³-hybridized carbons (Fsp3) is 0.400. The van der Waals surface area contributed by atoms with Gasteiger partial charge >= 0.3 is 5.97 Å². The van der Waals surface area contributed by atoms with E-state index in [1.54, 1.807) is 0 Å². The SMILES string of the molecule is COC(=O)c1ccc2c(c1C)N[C@H](c1ccc(C(C)(C)C)cc1)[C@H]1CC=C[C@@H]21. The number of esters is 1. The second kappa shape index (κ2) is 6.80. The van der Waals surface area contributed by atoms with Gasteiger partial charge in [-0.1, -0.05) is 63.3 Å². The fourth-order valence-electron chi connectivity index (χ4n) is 4.67. The van der Waals surface area contributed by atoms with Crippen LogP contribution in [0.2, 0.25) is 0 Å². The topological polar surface area (TPSA) is 38.3 Å². The molecule has 3 heteroatoms. The van der Waals surface area contributed by atoms with Crippen molar-refractivity contribution < 1.29 is 9.53 Å². The van der Waals surface area contributed by atoms with Crippen molar-refractivity contribution in [1.29, 1.82) is 0 Å². The predicted octanol–water partition coefficient (Wildman–Crippen LogP) is 5.91. The van der Waals surface area contributed by atoms with Crippen LogP contribution in [-0.4, -0.2) is 13.1 Å². The van der Waals surface area contributed by atoms with E-state index in [0.717, 1.165) is 17.7 Å². The lowest BCUT2D eigenvalue weighted by Crippen LogP contribution is -2.30. The van der Waals surface area contributed by atoms with E-state index in [4.69, 9.17) is 4.74 Å². The van der Waals surface area contributed by atoms with Crippen LogP contribution in [0.5, 0.6) is 0 Å². The molecule has 4 rings (SSSR count). The van der Waals surface area contributed by atoms with Crippen molar-refractivity contribution in [2.75, 3.05) is 12.4 Å². The summed E-state index contributed by atoms with van der Waals surface area (Å²) in [7, 11) is 1.43. The predicted molar refractivity (Wildman–Crippen MR) is 114 cm³/mol. The normalized spacial score (nSPS) is 23.0. The lowest BCUT2D eigenvalue weighted by Gasteiger charge is -2.38. The average molecular weight is 376 g/mol. The number of carbonyl (C=O) groups excluding carboxylic acids is 1. The Morgan fingerprint density at radius 1 is 1.11 bits per heavy atom. The molecule has 0 saturated carbocycles. The van der Waals surface area contributed by atoms with Crippen molar-refractivity contribution in [2.45, 2.75) is 51.5 Å².